The van der Waals surface area contributed by atoms with Crippen LogP contribution in [0.25, 0.3) is 0 Å². The van der Waals surface area contributed by atoms with Crippen LogP contribution in [0.2, 0.25) is 10.0 Å². The number of amides is 1. The van der Waals surface area contributed by atoms with E-state index in [-0.39, 0.29) is 11.7 Å². The van der Waals surface area contributed by atoms with Crippen LogP contribution in [0.15, 0.2) is 23.4 Å². The number of rotatable bonds is 6. The molecule has 0 unspecified atom stereocenters. The zero-order chi connectivity index (χ0) is 16.9. The SMILES string of the molecule is O=C(CSc1n[nH]c(CC2CCCC2)n1)Nc1c(Cl)cccc1Cl. The molecule has 24 heavy (non-hydrogen) atoms. The van der Waals surface area contributed by atoms with Gasteiger partial charge in [-0.1, -0.05) is 66.7 Å². The fourth-order valence-corrected chi connectivity index (χ4v) is 3.95. The van der Waals surface area contributed by atoms with Crippen molar-refractivity contribution in [1.82, 2.24) is 15.2 Å². The number of H-pyrrole nitrogens is 1. The van der Waals surface area contributed by atoms with E-state index in [9.17, 15) is 4.79 Å². The van der Waals surface area contributed by atoms with Gasteiger partial charge in [0.15, 0.2) is 0 Å². The standard InChI is InChI=1S/C16H18Cl2N4OS/c17-11-6-3-7-12(18)15(11)20-14(23)9-24-16-19-13(21-22-16)8-10-4-1-2-5-10/h3,6-7,10H,1-2,4-5,8-9H2,(H,20,23)(H,19,21,22). The van der Waals surface area contributed by atoms with Gasteiger partial charge in [-0.3, -0.25) is 9.89 Å². The van der Waals surface area contributed by atoms with E-state index in [2.05, 4.69) is 20.5 Å². The van der Waals surface area contributed by atoms with Gasteiger partial charge in [0.05, 0.1) is 21.5 Å². The molecule has 1 aliphatic rings. The van der Waals surface area contributed by atoms with Crippen molar-refractivity contribution in [3.63, 3.8) is 0 Å². The van der Waals surface area contributed by atoms with E-state index in [0.717, 1.165) is 12.2 Å². The lowest BCUT2D eigenvalue weighted by Crippen LogP contribution is -2.14. The van der Waals surface area contributed by atoms with Crippen LogP contribution in [-0.2, 0) is 11.2 Å². The van der Waals surface area contributed by atoms with Crippen LogP contribution in [0.1, 0.15) is 31.5 Å². The number of nitrogens with one attached hydrogen (secondary N) is 2. The number of carbonyl (C=O) groups is 1. The van der Waals surface area contributed by atoms with Crippen molar-refractivity contribution in [1.29, 1.82) is 0 Å². The Morgan fingerprint density at radius 1 is 1.29 bits per heavy atom. The van der Waals surface area contributed by atoms with Crippen LogP contribution in [0.4, 0.5) is 5.69 Å². The number of halogens is 2. The first kappa shape index (κ1) is 17.6. The van der Waals surface area contributed by atoms with Crippen molar-refractivity contribution >= 4 is 46.6 Å². The number of para-hydroxylation sites is 1. The van der Waals surface area contributed by atoms with Crippen molar-refractivity contribution in [2.75, 3.05) is 11.1 Å². The maximum atomic E-state index is 12.1. The van der Waals surface area contributed by atoms with Crippen LogP contribution in [0.5, 0.6) is 0 Å². The van der Waals surface area contributed by atoms with Crippen molar-refractivity contribution in [2.45, 2.75) is 37.3 Å². The van der Waals surface area contributed by atoms with Crippen LogP contribution < -0.4 is 5.32 Å². The lowest BCUT2D eigenvalue weighted by atomic mass is 10.0. The van der Waals surface area contributed by atoms with Crippen molar-refractivity contribution in [3.05, 3.63) is 34.1 Å². The summed E-state index contributed by atoms with van der Waals surface area (Å²) in [6.45, 7) is 0. The molecule has 0 saturated heterocycles. The van der Waals surface area contributed by atoms with Gasteiger partial charge in [-0.15, -0.1) is 5.10 Å². The fourth-order valence-electron chi connectivity index (χ4n) is 2.84. The number of nitrogens with zero attached hydrogens (tertiary/aromatic N) is 2. The number of hydrogen-bond donors (Lipinski definition) is 2. The van der Waals surface area contributed by atoms with Crippen LogP contribution in [0.3, 0.4) is 0 Å². The Morgan fingerprint density at radius 2 is 2.00 bits per heavy atom. The molecule has 3 rings (SSSR count). The quantitative estimate of drug-likeness (QED) is 0.715. The second-order valence-electron chi connectivity index (χ2n) is 5.85. The van der Waals surface area contributed by atoms with Crippen molar-refractivity contribution in [2.24, 2.45) is 5.92 Å². The Kier molecular flexibility index (Phi) is 6.03. The average Bonchev–Trinajstić information content (AvgIpc) is 3.21. The highest BCUT2D eigenvalue weighted by Gasteiger charge is 2.18. The van der Waals surface area contributed by atoms with Gasteiger partial charge in [-0.25, -0.2) is 4.98 Å². The highest BCUT2D eigenvalue weighted by atomic mass is 35.5. The molecule has 2 N–H and O–H groups in total. The molecular weight excluding hydrogens is 367 g/mol. The summed E-state index contributed by atoms with van der Waals surface area (Å²) in [6.07, 6.45) is 6.10. The molecule has 1 aromatic carbocycles. The summed E-state index contributed by atoms with van der Waals surface area (Å²) in [5, 5.41) is 11.3. The summed E-state index contributed by atoms with van der Waals surface area (Å²) in [6, 6.07) is 5.09. The Balaban J connectivity index is 1.50. The lowest BCUT2D eigenvalue weighted by molar-refractivity contribution is -0.113. The molecule has 2 aromatic rings. The maximum absolute atomic E-state index is 12.1. The predicted molar refractivity (Wildman–Crippen MR) is 97.9 cm³/mol. The number of benzene rings is 1. The molecule has 0 aliphatic heterocycles. The molecule has 0 bridgehead atoms. The number of aromatic amines is 1. The fraction of sp³-hybridized carbons (Fsp3) is 0.438. The molecule has 0 spiro atoms. The van der Waals surface area contributed by atoms with Gasteiger partial charge < -0.3 is 5.32 Å². The van der Waals surface area contributed by atoms with Crippen molar-refractivity contribution in [3.8, 4) is 0 Å². The molecule has 1 saturated carbocycles. The van der Waals surface area contributed by atoms with E-state index in [1.54, 1.807) is 18.2 Å². The summed E-state index contributed by atoms with van der Waals surface area (Å²) < 4.78 is 0. The molecule has 5 nitrogen and oxygen atoms in total. The minimum atomic E-state index is -0.197. The molecule has 0 atom stereocenters. The van der Waals surface area contributed by atoms with Crippen LogP contribution in [0, 0.1) is 5.92 Å². The van der Waals surface area contributed by atoms with Gasteiger partial charge in [-0.2, -0.15) is 0 Å². The summed E-state index contributed by atoms with van der Waals surface area (Å²) >= 11 is 13.4. The number of anilines is 1. The van der Waals surface area contributed by atoms with Gasteiger partial charge in [0.25, 0.3) is 0 Å². The number of carbonyl (C=O) groups excluding carboxylic acids is 1. The minimum Gasteiger partial charge on any atom is -0.323 e. The number of thioether (sulfide) groups is 1. The van der Waals surface area contributed by atoms with E-state index < -0.39 is 0 Å². The van der Waals surface area contributed by atoms with Crippen molar-refractivity contribution < 1.29 is 4.79 Å². The van der Waals surface area contributed by atoms with Gasteiger partial charge >= 0.3 is 0 Å². The Hall–Kier alpha value is -1.24. The third-order valence-corrected chi connectivity index (χ3v) is 5.50. The summed E-state index contributed by atoms with van der Waals surface area (Å²) in [4.78, 5) is 16.5. The molecular formula is C16H18Cl2N4OS. The van der Waals surface area contributed by atoms with E-state index in [4.69, 9.17) is 23.2 Å². The average molecular weight is 385 g/mol. The van der Waals surface area contributed by atoms with Gasteiger partial charge in [0.2, 0.25) is 11.1 Å². The predicted octanol–water partition coefficient (Wildman–Crippen LogP) is 4.58. The van der Waals surface area contributed by atoms with E-state index >= 15 is 0 Å². The highest BCUT2D eigenvalue weighted by molar-refractivity contribution is 7.99. The smallest absolute Gasteiger partial charge is 0.234 e. The molecule has 1 aliphatic carbocycles. The van der Waals surface area contributed by atoms with E-state index in [0.29, 0.717) is 26.8 Å². The molecule has 0 radical (unpaired) electrons. The molecule has 1 amide bonds. The van der Waals surface area contributed by atoms with Gasteiger partial charge in [0.1, 0.15) is 5.82 Å². The maximum Gasteiger partial charge on any atom is 0.234 e. The molecule has 128 valence electrons. The Labute approximate surface area is 154 Å². The normalized spacial score (nSPS) is 14.9. The molecule has 1 aromatic heterocycles. The first-order chi connectivity index (χ1) is 11.6. The zero-order valence-corrected chi connectivity index (χ0v) is 15.3. The third kappa shape index (κ3) is 4.65. The Morgan fingerprint density at radius 3 is 2.71 bits per heavy atom. The third-order valence-electron chi connectivity index (χ3n) is 4.03. The van der Waals surface area contributed by atoms with Crippen LogP contribution >= 0.6 is 35.0 Å². The van der Waals surface area contributed by atoms with E-state index in [1.165, 1.54) is 37.4 Å². The summed E-state index contributed by atoms with van der Waals surface area (Å²) in [5.74, 6) is 1.61. The van der Waals surface area contributed by atoms with E-state index in [1.807, 2.05) is 0 Å². The minimum absolute atomic E-state index is 0.197. The second-order valence-corrected chi connectivity index (χ2v) is 7.61. The number of aromatic nitrogens is 3. The monoisotopic (exact) mass is 384 g/mol. The topological polar surface area (TPSA) is 70.7 Å². The summed E-state index contributed by atoms with van der Waals surface area (Å²) in [5.41, 5.74) is 0.434. The van der Waals surface area contributed by atoms with Gasteiger partial charge in [-0.05, 0) is 18.1 Å². The highest BCUT2D eigenvalue weighted by Crippen LogP contribution is 2.30. The van der Waals surface area contributed by atoms with Crippen LogP contribution in [-0.4, -0.2) is 26.8 Å². The first-order valence-electron chi connectivity index (χ1n) is 7.90. The molecule has 1 heterocycles. The number of hydrogen-bond acceptors (Lipinski definition) is 4. The van der Waals surface area contributed by atoms with Gasteiger partial charge in [0, 0.05) is 6.42 Å². The second kappa shape index (κ2) is 8.23. The Bertz CT molecular complexity index is 696. The molecule has 8 heteroatoms. The first-order valence-corrected chi connectivity index (χ1v) is 9.64. The lowest BCUT2D eigenvalue weighted by Gasteiger charge is -2.08. The summed E-state index contributed by atoms with van der Waals surface area (Å²) in [7, 11) is 0. The molecule has 1 fully saturated rings. The largest absolute Gasteiger partial charge is 0.323 e. The zero-order valence-electron chi connectivity index (χ0n) is 13.0.